The van der Waals surface area contributed by atoms with Crippen molar-refractivity contribution in [2.75, 3.05) is 24.5 Å². The Hall–Kier alpha value is -2.62. The van der Waals surface area contributed by atoms with Crippen LogP contribution in [0.25, 0.3) is 0 Å². The number of likely N-dealkylation sites (tertiary alicyclic amines) is 1. The highest BCUT2D eigenvalue weighted by atomic mass is 16.2. The normalized spacial score (nSPS) is 19.1. The van der Waals surface area contributed by atoms with Gasteiger partial charge >= 0.3 is 0 Å². The van der Waals surface area contributed by atoms with Crippen LogP contribution in [0.15, 0.2) is 42.5 Å². The number of hydrogen-bond donors (Lipinski definition) is 0. The summed E-state index contributed by atoms with van der Waals surface area (Å²) in [4.78, 5) is 29.2. The van der Waals surface area contributed by atoms with Crippen molar-refractivity contribution in [1.29, 1.82) is 0 Å². The zero-order chi connectivity index (χ0) is 19.1. The van der Waals surface area contributed by atoms with Gasteiger partial charge < -0.3 is 9.80 Å². The van der Waals surface area contributed by atoms with Crippen LogP contribution in [-0.4, -0.2) is 36.3 Å². The van der Waals surface area contributed by atoms with Gasteiger partial charge in [-0.2, -0.15) is 0 Å². The van der Waals surface area contributed by atoms with Gasteiger partial charge in [0.1, 0.15) is 0 Å². The number of amides is 2. The second kappa shape index (κ2) is 7.08. The Morgan fingerprint density at radius 3 is 2.39 bits per heavy atom. The highest BCUT2D eigenvalue weighted by molar-refractivity contribution is 6.01. The second-order valence-corrected chi connectivity index (χ2v) is 8.36. The minimum absolute atomic E-state index is 0.160. The third-order valence-electron chi connectivity index (χ3n) is 6.57. The fraction of sp³-hybridized carbons (Fsp3) is 0.417. The number of anilines is 1. The molecular weight excluding hydrogens is 348 g/mol. The van der Waals surface area contributed by atoms with E-state index in [4.69, 9.17) is 0 Å². The lowest BCUT2D eigenvalue weighted by Gasteiger charge is -2.32. The average molecular weight is 374 g/mol. The molecule has 3 aliphatic heterocycles. The van der Waals surface area contributed by atoms with Gasteiger partial charge in [0.2, 0.25) is 5.91 Å². The monoisotopic (exact) mass is 374 g/mol. The number of hydrogen-bond acceptors (Lipinski definition) is 2. The maximum absolute atomic E-state index is 13.1. The summed E-state index contributed by atoms with van der Waals surface area (Å²) >= 11 is 0. The molecular formula is C24H26N2O2. The van der Waals surface area contributed by atoms with Crippen molar-refractivity contribution >= 4 is 17.5 Å². The molecule has 3 aliphatic rings. The van der Waals surface area contributed by atoms with Crippen LogP contribution < -0.4 is 4.90 Å². The summed E-state index contributed by atoms with van der Waals surface area (Å²) in [5.74, 6) is 1.05. The molecule has 0 aliphatic carbocycles. The van der Waals surface area contributed by atoms with E-state index in [2.05, 4.69) is 30.3 Å². The topological polar surface area (TPSA) is 40.6 Å². The molecule has 144 valence electrons. The van der Waals surface area contributed by atoms with Gasteiger partial charge in [-0.15, -0.1) is 0 Å². The minimum Gasteiger partial charge on any atom is -0.339 e. The van der Waals surface area contributed by atoms with E-state index >= 15 is 0 Å². The molecule has 4 nitrogen and oxygen atoms in total. The van der Waals surface area contributed by atoms with Crippen LogP contribution in [0.4, 0.5) is 5.69 Å². The minimum atomic E-state index is 0.160. The Labute approximate surface area is 166 Å². The summed E-state index contributed by atoms with van der Waals surface area (Å²) in [6.45, 7) is 2.45. The fourth-order valence-corrected chi connectivity index (χ4v) is 5.05. The standard InChI is InChI=1S/C24H26N2O2/c27-22-7-6-19-15-21(16-20-10-13-26(22)23(19)20)24(28)25-11-8-18(9-12-25)14-17-4-2-1-3-5-17/h1-5,15-16,18H,6-14H2. The number of carbonyl (C=O) groups is 2. The molecule has 2 amide bonds. The van der Waals surface area contributed by atoms with E-state index in [0.717, 1.165) is 63.0 Å². The van der Waals surface area contributed by atoms with Gasteiger partial charge in [0, 0.05) is 31.6 Å². The molecule has 2 aromatic rings. The quantitative estimate of drug-likeness (QED) is 0.823. The molecule has 3 heterocycles. The van der Waals surface area contributed by atoms with E-state index in [1.807, 2.05) is 21.9 Å². The van der Waals surface area contributed by atoms with E-state index in [1.54, 1.807) is 0 Å². The summed E-state index contributed by atoms with van der Waals surface area (Å²) in [5.41, 5.74) is 5.65. The predicted molar refractivity (Wildman–Crippen MR) is 110 cm³/mol. The average Bonchev–Trinajstić information content (AvgIpc) is 3.17. The first kappa shape index (κ1) is 17.5. The summed E-state index contributed by atoms with van der Waals surface area (Å²) < 4.78 is 0. The molecule has 0 unspecified atom stereocenters. The number of rotatable bonds is 3. The van der Waals surface area contributed by atoms with E-state index < -0.39 is 0 Å². The van der Waals surface area contributed by atoms with Gasteiger partial charge in [-0.25, -0.2) is 0 Å². The van der Waals surface area contributed by atoms with Gasteiger partial charge in [-0.3, -0.25) is 9.59 Å². The van der Waals surface area contributed by atoms with E-state index in [1.165, 1.54) is 16.7 Å². The SMILES string of the molecule is O=C(c1cc2c3c(c1)CCN3C(=O)CC2)N1CCC(Cc2ccccc2)CC1. The maximum atomic E-state index is 13.1. The molecule has 28 heavy (non-hydrogen) atoms. The Bertz CT molecular complexity index is 914. The highest BCUT2D eigenvalue weighted by Gasteiger charge is 2.33. The van der Waals surface area contributed by atoms with Crippen LogP contribution >= 0.6 is 0 Å². The van der Waals surface area contributed by atoms with Crippen molar-refractivity contribution in [2.24, 2.45) is 5.92 Å². The molecule has 0 saturated carbocycles. The molecule has 1 saturated heterocycles. The number of carbonyl (C=O) groups excluding carboxylic acids is 2. The zero-order valence-electron chi connectivity index (χ0n) is 16.2. The molecule has 2 aromatic carbocycles. The molecule has 0 N–H and O–H groups in total. The van der Waals surface area contributed by atoms with E-state index in [9.17, 15) is 9.59 Å². The Kier molecular flexibility index (Phi) is 4.42. The van der Waals surface area contributed by atoms with E-state index in [0.29, 0.717) is 12.3 Å². The summed E-state index contributed by atoms with van der Waals surface area (Å²) in [7, 11) is 0. The van der Waals surface area contributed by atoms with Crippen LogP contribution in [-0.2, 0) is 24.1 Å². The molecule has 0 atom stereocenters. The lowest BCUT2D eigenvalue weighted by Crippen LogP contribution is -2.39. The van der Waals surface area contributed by atoms with Crippen LogP contribution in [0.1, 0.15) is 46.3 Å². The molecule has 4 heteroatoms. The smallest absolute Gasteiger partial charge is 0.253 e. The molecule has 0 aromatic heterocycles. The highest BCUT2D eigenvalue weighted by Crippen LogP contribution is 2.38. The van der Waals surface area contributed by atoms with Crippen LogP contribution in [0.2, 0.25) is 0 Å². The Morgan fingerprint density at radius 1 is 0.929 bits per heavy atom. The van der Waals surface area contributed by atoms with Crippen LogP contribution in [0, 0.1) is 5.92 Å². The third kappa shape index (κ3) is 3.11. The molecule has 1 fully saturated rings. The lowest BCUT2D eigenvalue weighted by atomic mass is 9.89. The van der Waals surface area contributed by atoms with Gasteiger partial charge in [0.25, 0.3) is 5.91 Å². The molecule has 5 rings (SSSR count). The first-order chi connectivity index (χ1) is 13.7. The first-order valence-corrected chi connectivity index (χ1v) is 10.5. The van der Waals surface area contributed by atoms with Crippen LogP contribution in [0.3, 0.4) is 0 Å². The number of piperidine rings is 1. The van der Waals surface area contributed by atoms with E-state index in [-0.39, 0.29) is 11.8 Å². The number of benzene rings is 2. The first-order valence-electron chi connectivity index (χ1n) is 10.5. The zero-order valence-corrected chi connectivity index (χ0v) is 16.2. The third-order valence-corrected chi connectivity index (χ3v) is 6.57. The Morgan fingerprint density at radius 2 is 1.64 bits per heavy atom. The fourth-order valence-electron chi connectivity index (χ4n) is 5.05. The van der Waals surface area contributed by atoms with Gasteiger partial charge in [-0.1, -0.05) is 30.3 Å². The van der Waals surface area contributed by atoms with Crippen molar-refractivity contribution in [1.82, 2.24) is 4.90 Å². The molecule has 0 spiro atoms. The van der Waals surface area contributed by atoms with Gasteiger partial charge in [-0.05, 0) is 66.8 Å². The lowest BCUT2D eigenvalue weighted by molar-refractivity contribution is -0.118. The van der Waals surface area contributed by atoms with Crippen molar-refractivity contribution in [3.05, 3.63) is 64.7 Å². The number of nitrogens with zero attached hydrogens (tertiary/aromatic N) is 2. The molecule has 0 bridgehead atoms. The van der Waals surface area contributed by atoms with Gasteiger partial charge in [0.15, 0.2) is 0 Å². The predicted octanol–water partition coefficient (Wildman–Crippen LogP) is 3.62. The largest absolute Gasteiger partial charge is 0.339 e. The van der Waals surface area contributed by atoms with Crippen molar-refractivity contribution < 1.29 is 9.59 Å². The summed E-state index contributed by atoms with van der Waals surface area (Å²) in [6, 6.07) is 14.7. The van der Waals surface area contributed by atoms with Crippen LogP contribution in [0.5, 0.6) is 0 Å². The van der Waals surface area contributed by atoms with Gasteiger partial charge in [0.05, 0.1) is 5.69 Å². The second-order valence-electron chi connectivity index (χ2n) is 8.36. The maximum Gasteiger partial charge on any atom is 0.253 e. The van der Waals surface area contributed by atoms with Crippen molar-refractivity contribution in [2.45, 2.75) is 38.5 Å². The Balaban J connectivity index is 1.27. The number of aryl methyl sites for hydroxylation is 1. The van der Waals surface area contributed by atoms with Crippen molar-refractivity contribution in [3.63, 3.8) is 0 Å². The summed E-state index contributed by atoms with van der Waals surface area (Å²) in [5, 5.41) is 0. The molecule has 0 radical (unpaired) electrons. The summed E-state index contributed by atoms with van der Waals surface area (Å²) in [6.07, 6.45) is 5.44. The van der Waals surface area contributed by atoms with Crippen molar-refractivity contribution in [3.8, 4) is 0 Å².